The van der Waals surface area contributed by atoms with E-state index in [4.69, 9.17) is 0 Å². The van der Waals surface area contributed by atoms with Crippen molar-refractivity contribution in [3.05, 3.63) is 90.7 Å². The topological polar surface area (TPSA) is 12.9 Å². The van der Waals surface area contributed by atoms with E-state index in [-0.39, 0.29) is 5.82 Å². The van der Waals surface area contributed by atoms with Crippen molar-refractivity contribution in [2.45, 2.75) is 0 Å². The van der Waals surface area contributed by atoms with Crippen LogP contribution in [-0.2, 0) is 0 Å². The van der Waals surface area contributed by atoms with E-state index >= 15 is 0 Å². The van der Waals surface area contributed by atoms with Gasteiger partial charge in [-0.25, -0.2) is 9.37 Å². The standard InChI is InChI=1S/C21H14FN/c22-19-14-18-8-4-5-9-20(18)23-21(19)17-12-10-16(11-13-17)15-6-2-1-3-7-15/h1-14H. The van der Waals surface area contributed by atoms with Crippen molar-refractivity contribution in [1.29, 1.82) is 0 Å². The molecule has 0 bridgehead atoms. The summed E-state index contributed by atoms with van der Waals surface area (Å²) >= 11 is 0. The molecule has 4 aromatic rings. The maximum Gasteiger partial charge on any atom is 0.150 e. The van der Waals surface area contributed by atoms with Crippen LogP contribution < -0.4 is 0 Å². The van der Waals surface area contributed by atoms with Gasteiger partial charge in [0, 0.05) is 10.9 Å². The van der Waals surface area contributed by atoms with E-state index in [1.165, 1.54) is 0 Å². The lowest BCUT2D eigenvalue weighted by Crippen LogP contribution is -1.91. The quantitative estimate of drug-likeness (QED) is 0.462. The molecule has 0 atom stereocenters. The minimum absolute atomic E-state index is 0.295. The van der Waals surface area contributed by atoms with Crippen molar-refractivity contribution in [2.75, 3.05) is 0 Å². The molecule has 0 unspecified atom stereocenters. The second kappa shape index (κ2) is 5.65. The zero-order chi connectivity index (χ0) is 15.6. The fourth-order valence-corrected chi connectivity index (χ4v) is 2.74. The van der Waals surface area contributed by atoms with Crippen molar-refractivity contribution in [3.63, 3.8) is 0 Å². The van der Waals surface area contributed by atoms with Crippen molar-refractivity contribution >= 4 is 10.9 Å². The van der Waals surface area contributed by atoms with Crippen molar-refractivity contribution < 1.29 is 4.39 Å². The van der Waals surface area contributed by atoms with Crippen molar-refractivity contribution in [2.24, 2.45) is 0 Å². The van der Waals surface area contributed by atoms with Gasteiger partial charge in [0.15, 0.2) is 0 Å². The van der Waals surface area contributed by atoms with E-state index in [2.05, 4.69) is 17.1 Å². The SMILES string of the molecule is Fc1cc2ccccc2nc1-c1ccc(-c2ccccc2)cc1. The molecular formula is C21H14FN. The molecule has 0 aliphatic carbocycles. The number of para-hydroxylation sites is 1. The molecule has 0 amide bonds. The predicted molar refractivity (Wildman–Crippen MR) is 92.6 cm³/mol. The molecule has 3 aromatic carbocycles. The first-order chi connectivity index (χ1) is 11.3. The lowest BCUT2D eigenvalue weighted by atomic mass is 10.0. The Morgan fingerprint density at radius 2 is 1.22 bits per heavy atom. The van der Waals surface area contributed by atoms with Crippen LogP contribution >= 0.6 is 0 Å². The van der Waals surface area contributed by atoms with E-state index in [9.17, 15) is 4.39 Å². The molecule has 0 spiro atoms. The zero-order valence-corrected chi connectivity index (χ0v) is 12.4. The molecule has 0 aliphatic rings. The lowest BCUT2D eigenvalue weighted by molar-refractivity contribution is 0.628. The van der Waals surface area contributed by atoms with E-state index in [1.807, 2.05) is 66.7 Å². The predicted octanol–water partition coefficient (Wildman–Crippen LogP) is 5.71. The average molecular weight is 299 g/mol. The summed E-state index contributed by atoms with van der Waals surface area (Å²) in [5.41, 5.74) is 4.23. The van der Waals surface area contributed by atoms with Crippen LogP contribution in [0.4, 0.5) is 4.39 Å². The summed E-state index contributed by atoms with van der Waals surface area (Å²) in [6.07, 6.45) is 0. The third-order valence-electron chi connectivity index (χ3n) is 3.94. The van der Waals surface area contributed by atoms with E-state index < -0.39 is 0 Å². The molecular weight excluding hydrogens is 285 g/mol. The Bertz CT molecular complexity index is 960. The second-order valence-electron chi connectivity index (χ2n) is 5.45. The molecule has 23 heavy (non-hydrogen) atoms. The molecule has 0 fully saturated rings. The van der Waals surface area contributed by atoms with Gasteiger partial charge >= 0.3 is 0 Å². The van der Waals surface area contributed by atoms with Crippen LogP contribution in [0.3, 0.4) is 0 Å². The first-order valence-corrected chi connectivity index (χ1v) is 7.52. The Hall–Kier alpha value is -3.00. The molecule has 0 saturated carbocycles. The van der Waals surface area contributed by atoms with Crippen LogP contribution in [0.5, 0.6) is 0 Å². The largest absolute Gasteiger partial charge is 0.245 e. The van der Waals surface area contributed by atoms with Crippen LogP contribution in [-0.4, -0.2) is 4.98 Å². The minimum Gasteiger partial charge on any atom is -0.245 e. The van der Waals surface area contributed by atoms with Gasteiger partial charge in [-0.15, -0.1) is 0 Å². The molecule has 1 nitrogen and oxygen atoms in total. The fraction of sp³-hybridized carbons (Fsp3) is 0. The highest BCUT2D eigenvalue weighted by Gasteiger charge is 2.09. The highest BCUT2D eigenvalue weighted by atomic mass is 19.1. The summed E-state index contributed by atoms with van der Waals surface area (Å²) in [6, 6.07) is 27.1. The molecule has 0 N–H and O–H groups in total. The highest BCUT2D eigenvalue weighted by Crippen LogP contribution is 2.27. The zero-order valence-electron chi connectivity index (χ0n) is 12.4. The van der Waals surface area contributed by atoms with E-state index in [0.717, 1.165) is 27.6 Å². The lowest BCUT2D eigenvalue weighted by Gasteiger charge is -2.07. The van der Waals surface area contributed by atoms with Crippen LogP contribution in [0.25, 0.3) is 33.3 Å². The summed E-state index contributed by atoms with van der Waals surface area (Å²) in [5.74, 6) is -0.295. The molecule has 1 heterocycles. The number of hydrogen-bond donors (Lipinski definition) is 0. The number of aromatic nitrogens is 1. The molecule has 0 saturated heterocycles. The molecule has 4 rings (SSSR count). The third-order valence-corrected chi connectivity index (χ3v) is 3.94. The maximum atomic E-state index is 14.4. The average Bonchev–Trinajstić information content (AvgIpc) is 2.62. The summed E-state index contributed by atoms with van der Waals surface area (Å²) in [6.45, 7) is 0. The maximum absolute atomic E-state index is 14.4. The number of halogens is 1. The van der Waals surface area contributed by atoms with Crippen molar-refractivity contribution in [3.8, 4) is 22.4 Å². The van der Waals surface area contributed by atoms with Crippen molar-refractivity contribution in [1.82, 2.24) is 4.98 Å². The number of pyridine rings is 1. The van der Waals surface area contributed by atoms with Gasteiger partial charge in [-0.1, -0.05) is 72.8 Å². The molecule has 2 heteroatoms. The molecule has 0 radical (unpaired) electrons. The highest BCUT2D eigenvalue weighted by molar-refractivity contribution is 5.82. The molecule has 110 valence electrons. The van der Waals surface area contributed by atoms with E-state index in [1.54, 1.807) is 6.07 Å². The minimum atomic E-state index is -0.295. The van der Waals surface area contributed by atoms with Gasteiger partial charge in [0.25, 0.3) is 0 Å². The van der Waals surface area contributed by atoms with Gasteiger partial charge in [0.1, 0.15) is 11.5 Å². The fourth-order valence-electron chi connectivity index (χ4n) is 2.74. The Balaban J connectivity index is 1.78. The number of rotatable bonds is 2. The summed E-state index contributed by atoms with van der Waals surface area (Å²) < 4.78 is 14.4. The molecule has 1 aromatic heterocycles. The van der Waals surface area contributed by atoms with Gasteiger partial charge < -0.3 is 0 Å². The summed E-state index contributed by atoms with van der Waals surface area (Å²) in [5, 5.41) is 0.814. The Labute approximate surface area is 134 Å². The summed E-state index contributed by atoms with van der Waals surface area (Å²) in [7, 11) is 0. The van der Waals surface area contributed by atoms with Gasteiger partial charge in [0.05, 0.1) is 5.52 Å². The number of nitrogens with zero attached hydrogens (tertiary/aromatic N) is 1. The normalized spacial score (nSPS) is 10.8. The van der Waals surface area contributed by atoms with Crippen LogP contribution in [0, 0.1) is 5.82 Å². The van der Waals surface area contributed by atoms with Gasteiger partial charge in [-0.2, -0.15) is 0 Å². The number of benzene rings is 3. The molecule has 0 aliphatic heterocycles. The first kappa shape index (κ1) is 13.6. The van der Waals surface area contributed by atoms with E-state index in [0.29, 0.717) is 5.69 Å². The Kier molecular flexibility index (Phi) is 3.35. The van der Waals surface area contributed by atoms with Gasteiger partial charge in [-0.05, 0) is 23.3 Å². The number of fused-ring (bicyclic) bond motifs is 1. The third kappa shape index (κ3) is 2.59. The Morgan fingerprint density at radius 3 is 2.00 bits per heavy atom. The smallest absolute Gasteiger partial charge is 0.150 e. The summed E-state index contributed by atoms with van der Waals surface area (Å²) in [4.78, 5) is 4.47. The van der Waals surface area contributed by atoms with Crippen LogP contribution in [0.2, 0.25) is 0 Å². The second-order valence-corrected chi connectivity index (χ2v) is 5.45. The first-order valence-electron chi connectivity index (χ1n) is 7.52. The van der Waals surface area contributed by atoms with Crippen LogP contribution in [0.1, 0.15) is 0 Å². The van der Waals surface area contributed by atoms with Gasteiger partial charge in [0.2, 0.25) is 0 Å². The van der Waals surface area contributed by atoms with Gasteiger partial charge in [-0.3, -0.25) is 0 Å². The Morgan fingerprint density at radius 1 is 0.609 bits per heavy atom. The monoisotopic (exact) mass is 299 g/mol. The van der Waals surface area contributed by atoms with Crippen LogP contribution in [0.15, 0.2) is 84.9 Å². The number of hydrogen-bond acceptors (Lipinski definition) is 1.